The van der Waals surface area contributed by atoms with Gasteiger partial charge in [0.15, 0.2) is 0 Å². The zero-order valence-electron chi connectivity index (χ0n) is 13.1. The Kier molecular flexibility index (Phi) is 5.13. The summed E-state index contributed by atoms with van der Waals surface area (Å²) >= 11 is 0. The third-order valence-electron chi connectivity index (χ3n) is 3.44. The van der Waals surface area contributed by atoms with Crippen molar-refractivity contribution in [2.45, 2.75) is 19.5 Å². The second kappa shape index (κ2) is 7.06. The molecule has 0 bridgehead atoms. The van der Waals surface area contributed by atoms with Crippen molar-refractivity contribution < 1.29 is 9.90 Å². The number of nitrogens with zero attached hydrogens (tertiary/aromatic N) is 2. The van der Waals surface area contributed by atoms with Gasteiger partial charge in [0.2, 0.25) is 0 Å². The number of rotatable bonds is 6. The SMILES string of the molecule is CN(C)Cc1c(C(=O)O)[nH]c(=O)n(CCc2ccccc2)c1=O. The molecule has 1 aromatic carbocycles. The van der Waals surface area contributed by atoms with Crippen molar-refractivity contribution in [3.05, 3.63) is 68.0 Å². The lowest BCUT2D eigenvalue weighted by atomic mass is 10.1. The van der Waals surface area contributed by atoms with Gasteiger partial charge >= 0.3 is 11.7 Å². The topological polar surface area (TPSA) is 95.4 Å². The van der Waals surface area contributed by atoms with Gasteiger partial charge in [0.1, 0.15) is 5.69 Å². The number of aromatic nitrogens is 2. The molecule has 0 atom stereocenters. The Balaban J connectivity index is 2.42. The minimum Gasteiger partial charge on any atom is -0.477 e. The highest BCUT2D eigenvalue weighted by Crippen LogP contribution is 2.03. The molecule has 1 heterocycles. The molecule has 2 N–H and O–H groups in total. The van der Waals surface area contributed by atoms with E-state index in [-0.39, 0.29) is 24.3 Å². The Morgan fingerprint density at radius 1 is 1.22 bits per heavy atom. The van der Waals surface area contributed by atoms with Crippen LogP contribution in [0, 0.1) is 0 Å². The summed E-state index contributed by atoms with van der Waals surface area (Å²) in [6.45, 7) is 0.334. The molecule has 0 spiro atoms. The van der Waals surface area contributed by atoms with Crippen molar-refractivity contribution in [1.29, 1.82) is 0 Å². The van der Waals surface area contributed by atoms with Crippen molar-refractivity contribution in [3.8, 4) is 0 Å². The maximum atomic E-state index is 12.5. The van der Waals surface area contributed by atoms with Crippen molar-refractivity contribution >= 4 is 5.97 Å². The van der Waals surface area contributed by atoms with Crippen LogP contribution in [0.4, 0.5) is 0 Å². The number of aromatic amines is 1. The minimum absolute atomic E-state index is 0.0789. The molecule has 1 aromatic heterocycles. The normalized spacial score (nSPS) is 10.9. The maximum absolute atomic E-state index is 12.5. The second-order valence-corrected chi connectivity index (χ2v) is 5.52. The molecule has 0 saturated heterocycles. The van der Waals surface area contributed by atoms with Gasteiger partial charge in [-0.1, -0.05) is 30.3 Å². The number of benzene rings is 1. The Hall–Kier alpha value is -2.67. The highest BCUT2D eigenvalue weighted by Gasteiger charge is 2.19. The predicted molar refractivity (Wildman–Crippen MR) is 85.8 cm³/mol. The fourth-order valence-corrected chi connectivity index (χ4v) is 2.35. The molecular weight excluding hydrogens is 298 g/mol. The van der Waals surface area contributed by atoms with Crippen LogP contribution in [0.5, 0.6) is 0 Å². The number of hydrogen-bond acceptors (Lipinski definition) is 4. The molecule has 0 radical (unpaired) electrons. The van der Waals surface area contributed by atoms with E-state index in [1.54, 1.807) is 19.0 Å². The number of carbonyl (C=O) groups is 1. The molecule has 0 fully saturated rings. The summed E-state index contributed by atoms with van der Waals surface area (Å²) in [5.74, 6) is -1.31. The number of aromatic carboxylic acids is 1. The van der Waals surface area contributed by atoms with E-state index in [0.29, 0.717) is 6.42 Å². The van der Waals surface area contributed by atoms with Crippen molar-refractivity contribution in [2.24, 2.45) is 0 Å². The van der Waals surface area contributed by atoms with Crippen LogP contribution in [0.1, 0.15) is 21.6 Å². The van der Waals surface area contributed by atoms with E-state index >= 15 is 0 Å². The first kappa shape index (κ1) is 16.7. The molecule has 23 heavy (non-hydrogen) atoms. The lowest BCUT2D eigenvalue weighted by molar-refractivity contribution is 0.0687. The van der Waals surface area contributed by atoms with Gasteiger partial charge in [-0.3, -0.25) is 9.36 Å². The second-order valence-electron chi connectivity index (χ2n) is 5.52. The molecule has 7 heteroatoms. The largest absolute Gasteiger partial charge is 0.477 e. The number of H-pyrrole nitrogens is 1. The van der Waals surface area contributed by atoms with E-state index in [2.05, 4.69) is 4.98 Å². The molecule has 7 nitrogen and oxygen atoms in total. The van der Waals surface area contributed by atoms with E-state index in [4.69, 9.17) is 0 Å². The van der Waals surface area contributed by atoms with E-state index in [0.717, 1.165) is 10.1 Å². The lowest BCUT2D eigenvalue weighted by Gasteiger charge is -2.13. The summed E-state index contributed by atoms with van der Waals surface area (Å²) in [5.41, 5.74) is -0.531. The highest BCUT2D eigenvalue weighted by atomic mass is 16.4. The van der Waals surface area contributed by atoms with Gasteiger partial charge in [0.25, 0.3) is 5.56 Å². The molecule has 2 rings (SSSR count). The molecule has 2 aromatic rings. The quantitative estimate of drug-likeness (QED) is 0.811. The zero-order valence-corrected chi connectivity index (χ0v) is 13.1. The van der Waals surface area contributed by atoms with Crippen LogP contribution in [-0.4, -0.2) is 39.6 Å². The third kappa shape index (κ3) is 3.95. The van der Waals surface area contributed by atoms with Gasteiger partial charge in [-0.2, -0.15) is 0 Å². The standard InChI is InChI=1S/C16H19N3O4/c1-18(2)10-12-13(15(21)22)17-16(23)19(14(12)20)9-8-11-6-4-3-5-7-11/h3-7H,8-10H2,1-2H3,(H,17,23)(H,21,22). The Morgan fingerprint density at radius 3 is 2.43 bits per heavy atom. The van der Waals surface area contributed by atoms with Crippen LogP contribution in [0.3, 0.4) is 0 Å². The third-order valence-corrected chi connectivity index (χ3v) is 3.44. The summed E-state index contributed by atoms with van der Waals surface area (Å²) in [4.78, 5) is 39.8. The molecule has 0 aliphatic carbocycles. The number of carboxylic acids is 1. The minimum atomic E-state index is -1.31. The first-order valence-electron chi connectivity index (χ1n) is 7.18. The van der Waals surface area contributed by atoms with Crippen LogP contribution in [0.15, 0.2) is 39.9 Å². The Labute approximate surface area is 132 Å². The molecule has 0 amide bonds. The number of carboxylic acid groups (broad SMARTS) is 1. The summed E-state index contributed by atoms with van der Waals surface area (Å²) in [6, 6.07) is 9.47. The Morgan fingerprint density at radius 2 is 1.87 bits per heavy atom. The van der Waals surface area contributed by atoms with Crippen molar-refractivity contribution in [3.63, 3.8) is 0 Å². The van der Waals surface area contributed by atoms with Crippen LogP contribution in [0.25, 0.3) is 0 Å². The fraction of sp³-hybridized carbons (Fsp3) is 0.312. The molecule has 0 aliphatic heterocycles. The summed E-state index contributed by atoms with van der Waals surface area (Å²) in [7, 11) is 3.45. The van der Waals surface area contributed by atoms with Gasteiger partial charge in [-0.05, 0) is 26.1 Å². The monoisotopic (exact) mass is 317 g/mol. The summed E-state index contributed by atoms with van der Waals surface area (Å²) in [5, 5.41) is 9.19. The van der Waals surface area contributed by atoms with Gasteiger partial charge < -0.3 is 15.0 Å². The number of aryl methyl sites for hydroxylation is 1. The van der Waals surface area contributed by atoms with Gasteiger partial charge in [0.05, 0.1) is 5.56 Å². The Bertz CT molecular complexity index is 806. The maximum Gasteiger partial charge on any atom is 0.352 e. The lowest BCUT2D eigenvalue weighted by Crippen LogP contribution is -2.41. The first-order valence-corrected chi connectivity index (χ1v) is 7.18. The van der Waals surface area contributed by atoms with Crippen LogP contribution in [0.2, 0.25) is 0 Å². The number of hydrogen-bond donors (Lipinski definition) is 2. The summed E-state index contributed by atoms with van der Waals surface area (Å²) < 4.78 is 1.05. The average molecular weight is 317 g/mol. The van der Waals surface area contributed by atoms with Gasteiger partial charge in [-0.15, -0.1) is 0 Å². The predicted octanol–water partition coefficient (Wildman–Crippen LogP) is 0.539. The zero-order chi connectivity index (χ0) is 17.0. The smallest absolute Gasteiger partial charge is 0.352 e. The van der Waals surface area contributed by atoms with Crippen LogP contribution in [-0.2, 0) is 19.5 Å². The average Bonchev–Trinajstić information content (AvgIpc) is 2.50. The number of nitrogens with one attached hydrogen (secondary N) is 1. The van der Waals surface area contributed by atoms with Crippen molar-refractivity contribution in [2.75, 3.05) is 14.1 Å². The van der Waals surface area contributed by atoms with E-state index in [1.165, 1.54) is 0 Å². The van der Waals surface area contributed by atoms with Gasteiger partial charge in [-0.25, -0.2) is 9.59 Å². The van der Waals surface area contributed by atoms with Crippen LogP contribution >= 0.6 is 0 Å². The van der Waals surface area contributed by atoms with E-state index in [1.807, 2.05) is 30.3 Å². The fourth-order valence-electron chi connectivity index (χ4n) is 2.35. The molecule has 122 valence electrons. The van der Waals surface area contributed by atoms with Crippen LogP contribution < -0.4 is 11.2 Å². The molecule has 0 aliphatic rings. The highest BCUT2D eigenvalue weighted by molar-refractivity contribution is 5.86. The van der Waals surface area contributed by atoms with E-state index in [9.17, 15) is 19.5 Å². The van der Waals surface area contributed by atoms with Crippen molar-refractivity contribution in [1.82, 2.24) is 14.5 Å². The van der Waals surface area contributed by atoms with Gasteiger partial charge in [0, 0.05) is 13.1 Å². The molecular formula is C16H19N3O4. The summed E-state index contributed by atoms with van der Waals surface area (Å²) in [6.07, 6.45) is 0.512. The first-order chi connectivity index (χ1) is 10.9. The molecule has 0 unspecified atom stereocenters. The molecule has 0 saturated carbocycles. The van der Waals surface area contributed by atoms with E-state index < -0.39 is 17.2 Å².